The van der Waals surface area contributed by atoms with Crippen molar-refractivity contribution < 1.29 is 24.6 Å². The van der Waals surface area contributed by atoms with Crippen LogP contribution in [-0.2, 0) is 14.4 Å². The maximum atomic E-state index is 14.1. The van der Waals surface area contributed by atoms with Gasteiger partial charge in [0, 0.05) is 17.8 Å². The standard InChI is InChI=1S/C23H36N2O5S/c1-7-9-24(12(3)4)21(28)19-23-14(6)10-16(31-23)17(22(29)30)18(23)20(27)25(19)15(11-26)13(5)8-2/h7,12-19,26H,1,8-11H2,2-6H3,(H,29,30)/t13-,14?,15-,16-,17+,18-,19?,23?/m0/s1. The summed E-state index contributed by atoms with van der Waals surface area (Å²) < 4.78 is -0.781. The zero-order valence-corrected chi connectivity index (χ0v) is 20.0. The molecule has 0 aromatic rings. The minimum atomic E-state index is -0.964. The van der Waals surface area contributed by atoms with Crippen molar-refractivity contribution in [3.63, 3.8) is 0 Å². The summed E-state index contributed by atoms with van der Waals surface area (Å²) in [5.41, 5.74) is 0. The number of carboxylic acid groups (broad SMARTS) is 1. The Morgan fingerprint density at radius 1 is 1.39 bits per heavy atom. The maximum Gasteiger partial charge on any atom is 0.308 e. The zero-order chi connectivity index (χ0) is 23.2. The molecule has 3 fully saturated rings. The van der Waals surface area contributed by atoms with Crippen LogP contribution in [0.15, 0.2) is 12.7 Å². The number of rotatable bonds is 9. The van der Waals surface area contributed by atoms with Gasteiger partial charge in [-0.3, -0.25) is 14.4 Å². The second kappa shape index (κ2) is 8.77. The first kappa shape index (κ1) is 24.1. The molecule has 3 aliphatic heterocycles. The molecule has 0 aromatic carbocycles. The van der Waals surface area contributed by atoms with E-state index in [4.69, 9.17) is 0 Å². The van der Waals surface area contributed by atoms with Crippen LogP contribution in [0.2, 0.25) is 0 Å². The van der Waals surface area contributed by atoms with Crippen molar-refractivity contribution in [2.24, 2.45) is 23.7 Å². The third kappa shape index (κ3) is 3.41. The Labute approximate surface area is 189 Å². The minimum absolute atomic E-state index is 0.0211. The summed E-state index contributed by atoms with van der Waals surface area (Å²) in [6.07, 6.45) is 3.09. The Kier molecular flexibility index (Phi) is 6.82. The summed E-state index contributed by atoms with van der Waals surface area (Å²) >= 11 is 1.53. The molecule has 0 saturated carbocycles. The Balaban J connectivity index is 2.18. The lowest BCUT2D eigenvalue weighted by atomic mass is 9.66. The van der Waals surface area contributed by atoms with Crippen molar-refractivity contribution in [3.05, 3.63) is 12.7 Å². The van der Waals surface area contributed by atoms with Crippen LogP contribution in [0.4, 0.5) is 0 Å². The Morgan fingerprint density at radius 2 is 2.03 bits per heavy atom. The number of likely N-dealkylation sites (tertiary alicyclic amines) is 1. The van der Waals surface area contributed by atoms with E-state index < -0.39 is 34.6 Å². The lowest BCUT2D eigenvalue weighted by Crippen LogP contribution is -2.60. The molecular weight excluding hydrogens is 416 g/mol. The van der Waals surface area contributed by atoms with Gasteiger partial charge in [-0.1, -0.05) is 33.3 Å². The van der Waals surface area contributed by atoms with Gasteiger partial charge in [-0.2, -0.15) is 0 Å². The van der Waals surface area contributed by atoms with E-state index in [-0.39, 0.29) is 41.5 Å². The Bertz CT molecular complexity index is 758. The molecule has 3 saturated heterocycles. The zero-order valence-electron chi connectivity index (χ0n) is 19.2. The average molecular weight is 453 g/mol. The molecule has 1 spiro atoms. The number of thioether (sulfide) groups is 1. The Morgan fingerprint density at radius 3 is 2.52 bits per heavy atom. The van der Waals surface area contributed by atoms with Gasteiger partial charge in [0.15, 0.2) is 0 Å². The van der Waals surface area contributed by atoms with Crippen molar-refractivity contribution in [2.75, 3.05) is 13.2 Å². The van der Waals surface area contributed by atoms with Gasteiger partial charge in [-0.25, -0.2) is 0 Å². The third-order valence-electron chi connectivity index (χ3n) is 7.78. The van der Waals surface area contributed by atoms with Crippen LogP contribution in [0.1, 0.15) is 47.5 Å². The number of fused-ring (bicyclic) bond motifs is 1. The van der Waals surface area contributed by atoms with Crippen LogP contribution in [-0.4, -0.2) is 79.1 Å². The normalized spacial score (nSPS) is 35.9. The summed E-state index contributed by atoms with van der Waals surface area (Å²) in [5, 5.41) is 20.1. The van der Waals surface area contributed by atoms with Crippen LogP contribution in [0.25, 0.3) is 0 Å². The molecule has 3 rings (SSSR count). The number of aliphatic hydroxyl groups excluding tert-OH is 1. The summed E-state index contributed by atoms with van der Waals surface area (Å²) in [4.78, 5) is 43.4. The first-order valence-corrected chi connectivity index (χ1v) is 12.2. The van der Waals surface area contributed by atoms with Crippen LogP contribution in [0.5, 0.6) is 0 Å². The molecule has 3 aliphatic rings. The van der Waals surface area contributed by atoms with Crippen molar-refractivity contribution >= 4 is 29.5 Å². The second-order valence-corrected chi connectivity index (χ2v) is 11.2. The van der Waals surface area contributed by atoms with Gasteiger partial charge >= 0.3 is 5.97 Å². The monoisotopic (exact) mass is 452 g/mol. The Hall–Kier alpha value is -1.54. The summed E-state index contributed by atoms with van der Waals surface area (Å²) in [7, 11) is 0. The highest BCUT2D eigenvalue weighted by Gasteiger charge is 2.77. The van der Waals surface area contributed by atoms with Gasteiger partial charge in [0.1, 0.15) is 6.04 Å². The number of aliphatic carboxylic acids is 1. The van der Waals surface area contributed by atoms with Crippen molar-refractivity contribution in [1.82, 2.24) is 9.80 Å². The van der Waals surface area contributed by atoms with E-state index in [9.17, 15) is 24.6 Å². The molecule has 3 heterocycles. The van der Waals surface area contributed by atoms with Gasteiger partial charge in [0.05, 0.1) is 29.2 Å². The summed E-state index contributed by atoms with van der Waals surface area (Å²) in [6.45, 7) is 13.7. The van der Waals surface area contributed by atoms with E-state index in [2.05, 4.69) is 6.58 Å². The van der Waals surface area contributed by atoms with E-state index in [1.165, 1.54) is 11.8 Å². The molecule has 2 amide bonds. The smallest absolute Gasteiger partial charge is 0.308 e. The molecular formula is C23H36N2O5S. The highest BCUT2D eigenvalue weighted by molar-refractivity contribution is 8.02. The molecule has 8 atom stereocenters. The van der Waals surface area contributed by atoms with Gasteiger partial charge in [0.2, 0.25) is 11.8 Å². The van der Waals surface area contributed by atoms with Crippen molar-refractivity contribution in [1.29, 1.82) is 0 Å². The predicted molar refractivity (Wildman–Crippen MR) is 121 cm³/mol. The fourth-order valence-corrected chi connectivity index (χ4v) is 8.44. The van der Waals surface area contributed by atoms with Crippen LogP contribution < -0.4 is 0 Å². The minimum Gasteiger partial charge on any atom is -0.481 e. The van der Waals surface area contributed by atoms with Gasteiger partial charge in [-0.05, 0) is 32.1 Å². The lowest BCUT2D eigenvalue weighted by Gasteiger charge is -2.43. The lowest BCUT2D eigenvalue weighted by molar-refractivity contribution is -0.150. The number of hydrogen-bond donors (Lipinski definition) is 2. The fraction of sp³-hybridized carbons (Fsp3) is 0.783. The third-order valence-corrected chi connectivity index (χ3v) is 9.86. The molecule has 3 unspecified atom stereocenters. The van der Waals surface area contributed by atoms with Gasteiger partial charge in [0.25, 0.3) is 0 Å². The molecule has 7 nitrogen and oxygen atoms in total. The van der Waals surface area contributed by atoms with E-state index in [0.717, 1.165) is 6.42 Å². The molecule has 2 bridgehead atoms. The average Bonchev–Trinajstić information content (AvgIpc) is 3.30. The predicted octanol–water partition coefficient (Wildman–Crippen LogP) is 2.24. The molecule has 0 aromatic heterocycles. The second-order valence-electron chi connectivity index (χ2n) is 9.64. The number of carboxylic acids is 1. The first-order valence-electron chi connectivity index (χ1n) is 11.3. The first-order chi connectivity index (χ1) is 14.6. The quantitative estimate of drug-likeness (QED) is 0.521. The highest BCUT2D eigenvalue weighted by Crippen LogP contribution is 2.69. The molecule has 174 valence electrons. The topological polar surface area (TPSA) is 98.2 Å². The number of aliphatic hydroxyl groups is 1. The van der Waals surface area contributed by atoms with Crippen molar-refractivity contribution in [2.45, 2.75) is 75.6 Å². The fourth-order valence-electron chi connectivity index (χ4n) is 6.04. The van der Waals surface area contributed by atoms with Crippen LogP contribution >= 0.6 is 11.8 Å². The number of carbonyl (C=O) groups excluding carboxylic acids is 2. The van der Waals surface area contributed by atoms with Gasteiger partial charge < -0.3 is 20.0 Å². The van der Waals surface area contributed by atoms with E-state index in [1.54, 1.807) is 15.9 Å². The molecule has 0 aliphatic carbocycles. The van der Waals surface area contributed by atoms with Gasteiger partial charge in [-0.15, -0.1) is 18.3 Å². The number of nitrogens with zero attached hydrogens (tertiary/aromatic N) is 2. The van der Waals surface area contributed by atoms with E-state index >= 15 is 0 Å². The molecule has 8 heteroatoms. The number of amides is 2. The van der Waals surface area contributed by atoms with Crippen LogP contribution in [0, 0.1) is 23.7 Å². The van der Waals surface area contributed by atoms with Crippen molar-refractivity contribution in [3.8, 4) is 0 Å². The maximum absolute atomic E-state index is 14.1. The number of carbonyl (C=O) groups is 3. The molecule has 2 N–H and O–H groups in total. The molecule has 31 heavy (non-hydrogen) atoms. The number of hydrogen-bond acceptors (Lipinski definition) is 5. The summed E-state index contributed by atoms with van der Waals surface area (Å²) in [5.74, 6) is -2.95. The largest absolute Gasteiger partial charge is 0.481 e. The van der Waals surface area contributed by atoms with E-state index in [1.807, 2.05) is 34.6 Å². The van der Waals surface area contributed by atoms with E-state index in [0.29, 0.717) is 13.0 Å². The summed E-state index contributed by atoms with van der Waals surface area (Å²) in [6, 6.07) is -1.40. The molecule has 0 radical (unpaired) electrons. The van der Waals surface area contributed by atoms with Crippen LogP contribution in [0.3, 0.4) is 0 Å². The highest BCUT2D eigenvalue weighted by atomic mass is 32.2. The SMILES string of the molecule is C=CCN(C(=O)C1N([C@@H](CO)[C@@H](C)CC)C(=O)[C@@H]2[C@H](C(=O)O)[C@@H]3CC(C)C12S3)C(C)C.